The molecule has 0 amide bonds. The van der Waals surface area contributed by atoms with Gasteiger partial charge in [-0.05, 0) is 25.5 Å². The summed E-state index contributed by atoms with van der Waals surface area (Å²) in [5.41, 5.74) is 1.61. The van der Waals surface area contributed by atoms with Crippen molar-refractivity contribution in [1.29, 1.82) is 0 Å². The second-order valence-electron chi connectivity index (χ2n) is 5.42. The van der Waals surface area contributed by atoms with Crippen LogP contribution in [0.3, 0.4) is 0 Å². The highest BCUT2D eigenvalue weighted by Crippen LogP contribution is 2.29. The van der Waals surface area contributed by atoms with Gasteiger partial charge in [-0.2, -0.15) is 4.37 Å². The summed E-state index contributed by atoms with van der Waals surface area (Å²) in [6, 6.07) is 0. The molecule has 0 aromatic carbocycles. The Labute approximate surface area is 128 Å². The van der Waals surface area contributed by atoms with Crippen LogP contribution in [0.5, 0.6) is 5.88 Å². The summed E-state index contributed by atoms with van der Waals surface area (Å²) < 4.78 is 40.8. The molecule has 0 atom stereocenters. The molecule has 0 saturated carbocycles. The van der Waals surface area contributed by atoms with Crippen molar-refractivity contribution in [2.75, 3.05) is 26.7 Å². The van der Waals surface area contributed by atoms with E-state index in [4.69, 9.17) is 4.74 Å². The van der Waals surface area contributed by atoms with Crippen molar-refractivity contribution in [1.82, 2.24) is 13.6 Å². The van der Waals surface area contributed by atoms with Crippen LogP contribution in [0.15, 0.2) is 6.08 Å². The molecule has 0 spiro atoms. The monoisotopic (exact) mass is 317 g/mol. The maximum absolute atomic E-state index is 13.6. The summed E-state index contributed by atoms with van der Waals surface area (Å²) in [7, 11) is 2.02. The minimum atomic E-state index is -2.81. The molecule has 118 valence electrons. The van der Waals surface area contributed by atoms with E-state index < -0.39 is 12.5 Å². The van der Waals surface area contributed by atoms with Gasteiger partial charge in [0, 0.05) is 19.5 Å². The van der Waals surface area contributed by atoms with Crippen molar-refractivity contribution in [3.63, 3.8) is 0 Å². The number of aromatic nitrogens is 2. The zero-order valence-corrected chi connectivity index (χ0v) is 13.3. The van der Waals surface area contributed by atoms with Crippen LogP contribution in [0.2, 0.25) is 0 Å². The van der Waals surface area contributed by atoms with Crippen molar-refractivity contribution in [3.05, 3.63) is 11.8 Å². The zero-order chi connectivity index (χ0) is 15.3. The number of ether oxygens (including phenoxy) is 1. The Kier molecular flexibility index (Phi) is 5.64. The van der Waals surface area contributed by atoms with Gasteiger partial charge in [0.15, 0.2) is 6.61 Å². The van der Waals surface area contributed by atoms with E-state index in [0.29, 0.717) is 12.1 Å². The first-order chi connectivity index (χ1) is 10.0. The fourth-order valence-corrected chi connectivity index (χ4v) is 2.75. The van der Waals surface area contributed by atoms with Gasteiger partial charge in [-0.3, -0.25) is 0 Å². The molecule has 1 aliphatic rings. The number of hydrogen-bond donors (Lipinski definition) is 0. The van der Waals surface area contributed by atoms with Crippen LogP contribution in [-0.4, -0.2) is 46.3 Å². The average molecular weight is 317 g/mol. The SMILES string of the molecule is CCCCC(F)(F)COc1nsnc1C1=CCCN(C)C1. The van der Waals surface area contributed by atoms with Gasteiger partial charge in [0.05, 0.1) is 11.7 Å². The third kappa shape index (κ3) is 4.71. The van der Waals surface area contributed by atoms with E-state index in [2.05, 4.69) is 19.7 Å². The van der Waals surface area contributed by atoms with Crippen LogP contribution in [0, 0.1) is 0 Å². The van der Waals surface area contributed by atoms with Crippen LogP contribution in [0.25, 0.3) is 5.57 Å². The van der Waals surface area contributed by atoms with Gasteiger partial charge in [0.25, 0.3) is 11.8 Å². The molecule has 2 rings (SSSR count). The van der Waals surface area contributed by atoms with E-state index in [0.717, 1.165) is 43.2 Å². The van der Waals surface area contributed by atoms with Gasteiger partial charge in [-0.1, -0.05) is 19.4 Å². The molecular weight excluding hydrogens is 296 g/mol. The molecule has 0 radical (unpaired) electrons. The molecule has 21 heavy (non-hydrogen) atoms. The van der Waals surface area contributed by atoms with Crippen molar-refractivity contribution in [2.45, 2.75) is 38.5 Å². The third-order valence-electron chi connectivity index (χ3n) is 3.42. The van der Waals surface area contributed by atoms with E-state index in [9.17, 15) is 8.78 Å². The quantitative estimate of drug-likeness (QED) is 0.772. The maximum atomic E-state index is 13.6. The Hall–Kier alpha value is -1.08. The van der Waals surface area contributed by atoms with Crippen molar-refractivity contribution >= 4 is 17.3 Å². The molecule has 1 aromatic rings. The van der Waals surface area contributed by atoms with Gasteiger partial charge in [0.2, 0.25) is 0 Å². The largest absolute Gasteiger partial charge is 0.469 e. The molecule has 0 aliphatic carbocycles. The second-order valence-corrected chi connectivity index (χ2v) is 5.95. The smallest absolute Gasteiger partial charge is 0.281 e. The highest BCUT2D eigenvalue weighted by molar-refractivity contribution is 6.99. The van der Waals surface area contributed by atoms with E-state index in [1.807, 2.05) is 14.0 Å². The molecule has 0 unspecified atom stereocenters. The number of nitrogens with zero attached hydrogens (tertiary/aromatic N) is 3. The van der Waals surface area contributed by atoms with Crippen molar-refractivity contribution in [3.8, 4) is 5.88 Å². The predicted molar refractivity (Wildman–Crippen MR) is 80.0 cm³/mol. The molecular formula is C14H21F2N3OS. The Morgan fingerprint density at radius 1 is 1.43 bits per heavy atom. The lowest BCUT2D eigenvalue weighted by atomic mass is 10.1. The number of unbranched alkanes of at least 4 members (excludes halogenated alkanes) is 1. The molecule has 7 heteroatoms. The normalized spacial score (nSPS) is 16.9. The first kappa shape index (κ1) is 16.3. The molecule has 4 nitrogen and oxygen atoms in total. The molecule has 0 fully saturated rings. The van der Waals surface area contributed by atoms with E-state index >= 15 is 0 Å². The van der Waals surface area contributed by atoms with Crippen LogP contribution in [0.1, 0.15) is 38.3 Å². The van der Waals surface area contributed by atoms with E-state index in [1.165, 1.54) is 0 Å². The summed E-state index contributed by atoms with van der Waals surface area (Å²) in [5.74, 6) is -2.58. The molecule has 1 aliphatic heterocycles. The first-order valence-electron chi connectivity index (χ1n) is 7.23. The summed E-state index contributed by atoms with van der Waals surface area (Å²) in [6.45, 7) is 3.00. The molecule has 0 saturated heterocycles. The topological polar surface area (TPSA) is 38.3 Å². The van der Waals surface area contributed by atoms with Crippen molar-refractivity contribution < 1.29 is 13.5 Å². The number of halogens is 2. The Balaban J connectivity index is 1.99. The summed E-state index contributed by atoms with van der Waals surface area (Å²) in [6.07, 6.45) is 4.10. The van der Waals surface area contributed by atoms with Gasteiger partial charge in [-0.15, -0.1) is 4.37 Å². The molecule has 0 N–H and O–H groups in total. The number of rotatable bonds is 7. The van der Waals surface area contributed by atoms with Gasteiger partial charge >= 0.3 is 0 Å². The van der Waals surface area contributed by atoms with Gasteiger partial charge in [-0.25, -0.2) is 8.78 Å². The van der Waals surface area contributed by atoms with Crippen molar-refractivity contribution in [2.24, 2.45) is 0 Å². The Morgan fingerprint density at radius 2 is 2.24 bits per heavy atom. The van der Waals surface area contributed by atoms with Gasteiger partial charge in [0.1, 0.15) is 5.69 Å². The predicted octanol–water partition coefficient (Wildman–Crippen LogP) is 3.46. The van der Waals surface area contributed by atoms with Crippen LogP contribution in [0.4, 0.5) is 8.78 Å². The molecule has 1 aromatic heterocycles. The van der Waals surface area contributed by atoms with Crippen LogP contribution in [-0.2, 0) is 0 Å². The van der Waals surface area contributed by atoms with Crippen LogP contribution < -0.4 is 4.74 Å². The lowest BCUT2D eigenvalue weighted by molar-refractivity contribution is -0.0501. The lowest BCUT2D eigenvalue weighted by Gasteiger charge is -2.22. The average Bonchev–Trinajstić information content (AvgIpc) is 2.92. The zero-order valence-electron chi connectivity index (χ0n) is 12.4. The fourth-order valence-electron chi connectivity index (χ4n) is 2.22. The highest BCUT2D eigenvalue weighted by Gasteiger charge is 2.30. The minimum Gasteiger partial charge on any atom is -0.469 e. The second kappa shape index (κ2) is 7.26. The lowest BCUT2D eigenvalue weighted by Crippen LogP contribution is -2.27. The van der Waals surface area contributed by atoms with E-state index in [-0.39, 0.29) is 12.3 Å². The number of hydrogen-bond acceptors (Lipinski definition) is 5. The minimum absolute atomic E-state index is 0.151. The van der Waals surface area contributed by atoms with E-state index in [1.54, 1.807) is 0 Å². The molecule has 0 bridgehead atoms. The first-order valence-corrected chi connectivity index (χ1v) is 7.96. The fraction of sp³-hybridized carbons (Fsp3) is 0.714. The Bertz CT molecular complexity index is 490. The third-order valence-corrected chi connectivity index (χ3v) is 3.93. The number of likely N-dealkylation sites (N-methyl/N-ethyl adjacent to an activating group) is 1. The number of alkyl halides is 2. The maximum Gasteiger partial charge on any atom is 0.281 e. The van der Waals surface area contributed by atoms with Crippen LogP contribution >= 0.6 is 11.7 Å². The summed E-state index contributed by atoms with van der Waals surface area (Å²) in [5, 5.41) is 0. The molecule has 2 heterocycles. The Morgan fingerprint density at radius 3 is 2.95 bits per heavy atom. The van der Waals surface area contributed by atoms with Gasteiger partial charge < -0.3 is 9.64 Å². The summed E-state index contributed by atoms with van der Waals surface area (Å²) in [4.78, 5) is 2.16. The highest BCUT2D eigenvalue weighted by atomic mass is 32.1. The standard InChI is InChI=1S/C14H21F2N3OS/c1-3-4-7-14(15,16)10-20-13-12(17-21-18-13)11-6-5-8-19(2)9-11/h6H,3-5,7-10H2,1-2H3. The summed E-state index contributed by atoms with van der Waals surface area (Å²) >= 11 is 1.00.